The van der Waals surface area contributed by atoms with Crippen molar-refractivity contribution in [2.75, 3.05) is 13.6 Å². The molecular formula is C25H36N4O3. The standard InChI is InChI=1S/C25H36N4O3/c1-17-21(18(2)28-27-17)10-11-24(32)29(4)22-12-14-25(15-13-23(22)31,16-26-19(3)30)20-8-6-5-7-9-20/h5-9,22-23,31H,10-16H2,1-4H3,(H,26,30)(H,27,28)/t22-,23-,25-/m1/s1. The molecule has 1 aromatic heterocycles. The van der Waals surface area contributed by atoms with Crippen LogP contribution in [0.25, 0.3) is 0 Å². The first-order chi connectivity index (χ1) is 15.2. The van der Waals surface area contributed by atoms with Gasteiger partial charge < -0.3 is 15.3 Å². The predicted molar refractivity (Wildman–Crippen MR) is 124 cm³/mol. The van der Waals surface area contributed by atoms with Gasteiger partial charge in [-0.25, -0.2) is 0 Å². The Morgan fingerprint density at radius 3 is 2.53 bits per heavy atom. The molecule has 0 saturated heterocycles. The van der Waals surface area contributed by atoms with Crippen molar-refractivity contribution in [2.24, 2.45) is 0 Å². The van der Waals surface area contributed by atoms with Crippen molar-refractivity contribution in [3.05, 3.63) is 52.8 Å². The number of aryl methyl sites for hydroxylation is 2. The van der Waals surface area contributed by atoms with Crippen LogP contribution < -0.4 is 5.32 Å². The lowest BCUT2D eigenvalue weighted by Crippen LogP contribution is -2.44. The van der Waals surface area contributed by atoms with Gasteiger partial charge in [-0.15, -0.1) is 0 Å². The normalized spacial score (nSPS) is 23.4. The summed E-state index contributed by atoms with van der Waals surface area (Å²) >= 11 is 0. The molecule has 7 nitrogen and oxygen atoms in total. The highest BCUT2D eigenvalue weighted by atomic mass is 16.3. The summed E-state index contributed by atoms with van der Waals surface area (Å²) in [5.41, 5.74) is 3.93. The Bertz CT molecular complexity index is 907. The van der Waals surface area contributed by atoms with Gasteiger partial charge >= 0.3 is 0 Å². The highest BCUT2D eigenvalue weighted by Crippen LogP contribution is 2.39. The number of aliphatic hydroxyl groups excluding tert-OH is 1. The first-order valence-electron chi connectivity index (χ1n) is 11.5. The minimum atomic E-state index is -0.593. The fourth-order valence-corrected chi connectivity index (χ4v) is 5.00. The van der Waals surface area contributed by atoms with Gasteiger partial charge in [0.15, 0.2) is 0 Å². The zero-order valence-electron chi connectivity index (χ0n) is 19.6. The molecule has 32 heavy (non-hydrogen) atoms. The minimum absolute atomic E-state index is 0.0307. The summed E-state index contributed by atoms with van der Waals surface area (Å²) in [5.74, 6) is -0.0260. The molecule has 7 heteroatoms. The smallest absolute Gasteiger partial charge is 0.222 e. The molecule has 2 amide bonds. The van der Waals surface area contributed by atoms with Crippen molar-refractivity contribution in [1.82, 2.24) is 20.4 Å². The number of benzene rings is 1. The van der Waals surface area contributed by atoms with E-state index in [0.717, 1.165) is 29.8 Å². The van der Waals surface area contributed by atoms with E-state index in [1.165, 1.54) is 12.5 Å². The highest BCUT2D eigenvalue weighted by Gasteiger charge is 2.39. The number of nitrogens with one attached hydrogen (secondary N) is 2. The van der Waals surface area contributed by atoms with E-state index >= 15 is 0 Å². The van der Waals surface area contributed by atoms with Crippen molar-refractivity contribution in [3.63, 3.8) is 0 Å². The van der Waals surface area contributed by atoms with E-state index in [1.807, 2.05) is 32.0 Å². The average Bonchev–Trinajstić information content (AvgIpc) is 3.00. The summed E-state index contributed by atoms with van der Waals surface area (Å²) in [6.07, 6.45) is 3.23. The summed E-state index contributed by atoms with van der Waals surface area (Å²) in [6.45, 7) is 5.97. The number of rotatable bonds is 7. The number of nitrogens with zero attached hydrogens (tertiary/aromatic N) is 2. The van der Waals surface area contributed by atoms with Crippen molar-refractivity contribution >= 4 is 11.8 Å². The molecule has 1 aliphatic carbocycles. The van der Waals surface area contributed by atoms with Crippen molar-refractivity contribution in [3.8, 4) is 0 Å². The van der Waals surface area contributed by atoms with E-state index in [4.69, 9.17) is 0 Å². The molecule has 1 aliphatic rings. The maximum absolute atomic E-state index is 13.0. The van der Waals surface area contributed by atoms with Gasteiger partial charge in [0.2, 0.25) is 11.8 Å². The van der Waals surface area contributed by atoms with Crippen LogP contribution in [-0.2, 0) is 21.4 Å². The van der Waals surface area contributed by atoms with Crippen LogP contribution >= 0.6 is 0 Å². The van der Waals surface area contributed by atoms with Crippen molar-refractivity contribution < 1.29 is 14.7 Å². The van der Waals surface area contributed by atoms with E-state index in [2.05, 4.69) is 27.6 Å². The summed E-state index contributed by atoms with van der Waals surface area (Å²) in [4.78, 5) is 26.4. The van der Waals surface area contributed by atoms with Gasteiger partial charge in [0, 0.05) is 38.0 Å². The Balaban J connectivity index is 1.72. The molecule has 174 valence electrons. The second-order valence-corrected chi connectivity index (χ2v) is 9.19. The Hall–Kier alpha value is -2.67. The fraction of sp³-hybridized carbons (Fsp3) is 0.560. The molecule has 0 aliphatic heterocycles. The van der Waals surface area contributed by atoms with Crippen LogP contribution in [0.15, 0.2) is 30.3 Å². The predicted octanol–water partition coefficient (Wildman–Crippen LogP) is 2.80. The summed E-state index contributed by atoms with van der Waals surface area (Å²) in [6, 6.07) is 9.97. The Morgan fingerprint density at radius 1 is 1.22 bits per heavy atom. The van der Waals surface area contributed by atoms with Gasteiger partial charge in [-0.1, -0.05) is 30.3 Å². The van der Waals surface area contributed by atoms with E-state index in [9.17, 15) is 14.7 Å². The number of hydrogen-bond acceptors (Lipinski definition) is 4. The molecule has 0 radical (unpaired) electrons. The first kappa shape index (κ1) is 24.0. The van der Waals surface area contributed by atoms with Crippen molar-refractivity contribution in [2.45, 2.75) is 76.9 Å². The third kappa shape index (κ3) is 5.38. The third-order valence-electron chi connectivity index (χ3n) is 7.10. The maximum Gasteiger partial charge on any atom is 0.222 e. The molecule has 3 atom stereocenters. The topological polar surface area (TPSA) is 98.3 Å². The number of aliphatic hydroxyl groups is 1. The van der Waals surface area contributed by atoms with Gasteiger partial charge in [0.1, 0.15) is 0 Å². The molecule has 3 rings (SSSR count). The Kier molecular flexibility index (Phi) is 7.72. The average molecular weight is 441 g/mol. The zero-order chi connectivity index (χ0) is 23.3. The van der Waals surface area contributed by atoms with Crippen LogP contribution in [0.2, 0.25) is 0 Å². The second-order valence-electron chi connectivity index (χ2n) is 9.19. The lowest BCUT2D eigenvalue weighted by Gasteiger charge is -2.34. The second kappa shape index (κ2) is 10.3. The first-order valence-corrected chi connectivity index (χ1v) is 11.5. The Labute approximate surface area is 190 Å². The Morgan fingerprint density at radius 2 is 1.91 bits per heavy atom. The lowest BCUT2D eigenvalue weighted by atomic mass is 9.74. The number of aromatic amines is 1. The van der Waals surface area contributed by atoms with Gasteiger partial charge in [0.05, 0.1) is 17.8 Å². The summed E-state index contributed by atoms with van der Waals surface area (Å²) in [7, 11) is 1.80. The van der Waals surface area contributed by atoms with Crippen LogP contribution in [0.5, 0.6) is 0 Å². The van der Waals surface area contributed by atoms with Crippen molar-refractivity contribution in [1.29, 1.82) is 0 Å². The van der Waals surface area contributed by atoms with Gasteiger partial charge in [-0.05, 0) is 57.1 Å². The molecule has 1 aromatic carbocycles. The summed E-state index contributed by atoms with van der Waals surface area (Å²) < 4.78 is 0. The number of carbonyl (C=O) groups is 2. The molecule has 1 heterocycles. The monoisotopic (exact) mass is 440 g/mol. The fourth-order valence-electron chi connectivity index (χ4n) is 5.00. The SMILES string of the molecule is CC(=O)NC[C@]1(c2ccccc2)CC[C@@H](O)[C@H](N(C)C(=O)CCc2c(C)n[nH]c2C)CC1. The number of amides is 2. The number of likely N-dealkylation sites (N-methyl/N-ethyl adjacent to an activating group) is 1. The number of hydrogen-bond donors (Lipinski definition) is 3. The maximum atomic E-state index is 13.0. The van der Waals surface area contributed by atoms with Crippen LogP contribution in [0.3, 0.4) is 0 Å². The quantitative estimate of drug-likeness (QED) is 0.577. The third-order valence-corrected chi connectivity index (χ3v) is 7.10. The zero-order valence-corrected chi connectivity index (χ0v) is 19.6. The molecular weight excluding hydrogens is 404 g/mol. The minimum Gasteiger partial charge on any atom is -0.391 e. The van der Waals surface area contributed by atoms with E-state index < -0.39 is 6.10 Å². The molecule has 0 bridgehead atoms. The molecule has 1 saturated carbocycles. The van der Waals surface area contributed by atoms with E-state index in [1.54, 1.807) is 11.9 Å². The summed E-state index contributed by atoms with van der Waals surface area (Å²) in [5, 5.41) is 21.1. The number of aromatic nitrogens is 2. The number of H-pyrrole nitrogens is 1. The van der Waals surface area contributed by atoms with Crippen LogP contribution in [0, 0.1) is 13.8 Å². The largest absolute Gasteiger partial charge is 0.391 e. The lowest BCUT2D eigenvalue weighted by molar-refractivity contribution is -0.134. The van der Waals surface area contributed by atoms with Crippen LogP contribution in [0.1, 0.15) is 61.5 Å². The molecule has 2 aromatic rings. The van der Waals surface area contributed by atoms with Crippen LogP contribution in [-0.4, -0.2) is 57.8 Å². The molecule has 1 fully saturated rings. The van der Waals surface area contributed by atoms with E-state index in [0.29, 0.717) is 32.2 Å². The van der Waals surface area contributed by atoms with Gasteiger partial charge in [0.25, 0.3) is 0 Å². The molecule has 0 spiro atoms. The van der Waals surface area contributed by atoms with E-state index in [-0.39, 0.29) is 23.3 Å². The van der Waals surface area contributed by atoms with Gasteiger partial charge in [-0.2, -0.15) is 5.10 Å². The molecule has 3 N–H and O–H groups in total. The van der Waals surface area contributed by atoms with Crippen LogP contribution in [0.4, 0.5) is 0 Å². The molecule has 0 unspecified atom stereocenters. The number of carbonyl (C=O) groups excluding carboxylic acids is 2. The highest BCUT2D eigenvalue weighted by molar-refractivity contribution is 5.76. The van der Waals surface area contributed by atoms with Gasteiger partial charge in [-0.3, -0.25) is 14.7 Å².